The third kappa shape index (κ3) is 4.59. The molecule has 3 aromatic rings. The number of aromatic nitrogens is 1. The first kappa shape index (κ1) is 21.7. The fourth-order valence-electron chi connectivity index (χ4n) is 3.37. The Morgan fingerprint density at radius 2 is 1.83 bits per heavy atom. The predicted molar refractivity (Wildman–Crippen MR) is 122 cm³/mol. The number of aryl methyl sites for hydroxylation is 1. The van der Waals surface area contributed by atoms with Gasteiger partial charge in [-0.25, -0.2) is 0 Å². The molecule has 1 heterocycles. The topological polar surface area (TPSA) is 57.8 Å². The first-order valence-electron chi connectivity index (χ1n) is 9.43. The van der Waals surface area contributed by atoms with Crippen molar-refractivity contribution in [3.05, 3.63) is 92.7 Å². The van der Waals surface area contributed by atoms with E-state index in [-0.39, 0.29) is 11.6 Å². The Balaban J connectivity index is 1.91. The summed E-state index contributed by atoms with van der Waals surface area (Å²) >= 11 is 12.4. The van der Waals surface area contributed by atoms with Gasteiger partial charge in [0.25, 0.3) is 5.91 Å². The van der Waals surface area contributed by atoms with E-state index in [1.165, 1.54) is 0 Å². The number of nitriles is 1. The summed E-state index contributed by atoms with van der Waals surface area (Å²) in [7, 11) is 0. The highest BCUT2D eigenvalue weighted by atomic mass is 35.5. The summed E-state index contributed by atoms with van der Waals surface area (Å²) in [4.78, 5) is 12.7. The van der Waals surface area contributed by atoms with Gasteiger partial charge in [-0.15, -0.1) is 0 Å². The number of halogens is 2. The van der Waals surface area contributed by atoms with E-state index in [4.69, 9.17) is 23.2 Å². The van der Waals surface area contributed by atoms with Crippen molar-refractivity contribution in [2.24, 2.45) is 0 Å². The smallest absolute Gasteiger partial charge is 0.262 e. The first-order chi connectivity index (χ1) is 14.3. The Bertz CT molecular complexity index is 1160. The molecule has 0 aliphatic heterocycles. The van der Waals surface area contributed by atoms with Crippen LogP contribution in [0.5, 0.6) is 0 Å². The van der Waals surface area contributed by atoms with Crippen LogP contribution in [0.2, 0.25) is 10.0 Å². The summed E-state index contributed by atoms with van der Waals surface area (Å²) in [6.07, 6.45) is 1.61. The fourth-order valence-corrected chi connectivity index (χ4v) is 3.86. The third-order valence-corrected chi connectivity index (χ3v) is 5.47. The lowest BCUT2D eigenvalue weighted by molar-refractivity contribution is -0.117. The van der Waals surface area contributed by atoms with Crippen molar-refractivity contribution in [3.63, 3.8) is 0 Å². The van der Waals surface area contributed by atoms with Crippen LogP contribution < -0.4 is 5.32 Å². The fraction of sp³-hybridized carbons (Fsp3) is 0.167. The largest absolute Gasteiger partial charge is 0.345 e. The second-order valence-electron chi connectivity index (χ2n) is 7.03. The number of hydrogen-bond donors (Lipinski definition) is 1. The SMILES string of the molecule is Cc1cc(/C=C(/C#N)C(=O)N[C@H](C)c2ccccc2)c(C)n1-c1ccc(Cl)cc1Cl. The van der Waals surface area contributed by atoms with Crippen molar-refractivity contribution in [1.29, 1.82) is 5.26 Å². The van der Waals surface area contributed by atoms with Gasteiger partial charge in [-0.2, -0.15) is 5.26 Å². The highest BCUT2D eigenvalue weighted by Crippen LogP contribution is 2.29. The molecule has 1 aromatic heterocycles. The van der Waals surface area contributed by atoms with Gasteiger partial charge in [0.1, 0.15) is 11.6 Å². The molecule has 1 amide bonds. The minimum atomic E-state index is -0.414. The van der Waals surface area contributed by atoms with Crippen molar-refractivity contribution in [1.82, 2.24) is 9.88 Å². The van der Waals surface area contributed by atoms with Gasteiger partial charge in [0, 0.05) is 16.4 Å². The molecule has 0 radical (unpaired) electrons. The zero-order valence-electron chi connectivity index (χ0n) is 16.9. The molecule has 0 aliphatic carbocycles. The van der Waals surface area contributed by atoms with E-state index < -0.39 is 5.91 Å². The minimum Gasteiger partial charge on any atom is -0.345 e. The summed E-state index contributed by atoms with van der Waals surface area (Å²) in [5, 5.41) is 13.5. The van der Waals surface area contributed by atoms with Gasteiger partial charge in [-0.1, -0.05) is 53.5 Å². The Hall–Kier alpha value is -3.00. The Morgan fingerprint density at radius 1 is 1.13 bits per heavy atom. The van der Waals surface area contributed by atoms with E-state index >= 15 is 0 Å². The molecule has 4 nitrogen and oxygen atoms in total. The van der Waals surface area contributed by atoms with Crippen molar-refractivity contribution < 1.29 is 4.79 Å². The standard InChI is InChI=1S/C24H21Cl2N3O/c1-15-11-19(17(3)29(15)23-10-9-21(25)13-22(23)26)12-20(14-27)24(30)28-16(2)18-7-5-4-6-8-18/h4-13,16H,1-3H3,(H,28,30)/b20-12-/t16-/m1/s1. The monoisotopic (exact) mass is 437 g/mol. The maximum absolute atomic E-state index is 12.7. The molecule has 0 bridgehead atoms. The summed E-state index contributed by atoms with van der Waals surface area (Å²) in [5.74, 6) is -0.414. The number of nitrogens with zero attached hydrogens (tertiary/aromatic N) is 2. The highest BCUT2D eigenvalue weighted by Gasteiger charge is 2.17. The Kier molecular flexibility index (Phi) is 6.66. The Morgan fingerprint density at radius 3 is 2.47 bits per heavy atom. The van der Waals surface area contributed by atoms with E-state index in [1.807, 2.05) is 73.9 Å². The van der Waals surface area contributed by atoms with Gasteiger partial charge in [-0.05, 0) is 62.2 Å². The third-order valence-electron chi connectivity index (χ3n) is 4.93. The second-order valence-corrected chi connectivity index (χ2v) is 7.88. The number of nitrogens with one attached hydrogen (secondary N) is 1. The van der Waals surface area contributed by atoms with Gasteiger partial charge in [0.2, 0.25) is 0 Å². The molecule has 0 unspecified atom stereocenters. The molecular formula is C24H21Cl2N3O. The zero-order chi connectivity index (χ0) is 21.8. The van der Waals surface area contributed by atoms with Crippen LogP contribution in [0.4, 0.5) is 0 Å². The minimum absolute atomic E-state index is 0.0419. The number of hydrogen-bond acceptors (Lipinski definition) is 2. The van der Waals surface area contributed by atoms with Crippen molar-refractivity contribution in [3.8, 4) is 11.8 Å². The zero-order valence-corrected chi connectivity index (χ0v) is 18.4. The van der Waals surface area contributed by atoms with Crippen LogP contribution in [0.25, 0.3) is 11.8 Å². The lowest BCUT2D eigenvalue weighted by Gasteiger charge is -2.14. The molecule has 152 valence electrons. The normalized spacial score (nSPS) is 12.3. The van der Waals surface area contributed by atoms with Crippen LogP contribution >= 0.6 is 23.2 Å². The van der Waals surface area contributed by atoms with Crippen LogP contribution in [-0.2, 0) is 4.79 Å². The van der Waals surface area contributed by atoms with Gasteiger partial charge >= 0.3 is 0 Å². The molecule has 0 spiro atoms. The summed E-state index contributed by atoms with van der Waals surface area (Å²) in [5.41, 5.74) is 4.37. The quantitative estimate of drug-likeness (QED) is 0.382. The van der Waals surface area contributed by atoms with E-state index in [1.54, 1.807) is 18.2 Å². The molecule has 0 aliphatic rings. The molecule has 0 saturated carbocycles. The number of carbonyl (C=O) groups excluding carboxylic acids is 1. The molecule has 0 saturated heterocycles. The van der Waals surface area contributed by atoms with E-state index in [9.17, 15) is 10.1 Å². The van der Waals surface area contributed by atoms with Crippen LogP contribution in [-0.4, -0.2) is 10.5 Å². The molecule has 2 aromatic carbocycles. The van der Waals surface area contributed by atoms with Crippen LogP contribution in [0.1, 0.15) is 35.5 Å². The number of amides is 1. The maximum atomic E-state index is 12.7. The van der Waals surface area contributed by atoms with Gasteiger partial charge in [-0.3, -0.25) is 4.79 Å². The van der Waals surface area contributed by atoms with Gasteiger partial charge in [0.05, 0.1) is 16.8 Å². The molecule has 6 heteroatoms. The van der Waals surface area contributed by atoms with E-state index in [0.717, 1.165) is 28.2 Å². The number of benzene rings is 2. The van der Waals surface area contributed by atoms with Crippen LogP contribution in [0, 0.1) is 25.2 Å². The lowest BCUT2D eigenvalue weighted by atomic mass is 10.1. The highest BCUT2D eigenvalue weighted by molar-refractivity contribution is 6.35. The molecule has 30 heavy (non-hydrogen) atoms. The molecule has 3 rings (SSSR count). The van der Waals surface area contributed by atoms with Crippen LogP contribution in [0.3, 0.4) is 0 Å². The van der Waals surface area contributed by atoms with Crippen molar-refractivity contribution in [2.75, 3.05) is 0 Å². The molecule has 0 fully saturated rings. The predicted octanol–water partition coefficient (Wildman–Crippen LogP) is 6.19. The first-order valence-corrected chi connectivity index (χ1v) is 10.2. The van der Waals surface area contributed by atoms with Crippen molar-refractivity contribution in [2.45, 2.75) is 26.8 Å². The average Bonchev–Trinajstić information content (AvgIpc) is 3.00. The summed E-state index contributed by atoms with van der Waals surface area (Å²) < 4.78 is 1.98. The van der Waals surface area contributed by atoms with Gasteiger partial charge in [0.15, 0.2) is 0 Å². The summed E-state index contributed by atoms with van der Waals surface area (Å²) in [6.45, 7) is 5.75. The molecular weight excluding hydrogens is 417 g/mol. The lowest BCUT2D eigenvalue weighted by Crippen LogP contribution is -2.27. The van der Waals surface area contributed by atoms with E-state index in [0.29, 0.717) is 10.0 Å². The average molecular weight is 438 g/mol. The maximum Gasteiger partial charge on any atom is 0.262 e. The van der Waals surface area contributed by atoms with E-state index in [2.05, 4.69) is 5.32 Å². The molecule has 1 atom stereocenters. The Labute approximate surface area is 186 Å². The summed E-state index contributed by atoms with van der Waals surface area (Å²) in [6, 6.07) is 18.6. The van der Waals surface area contributed by atoms with Crippen LogP contribution in [0.15, 0.2) is 60.2 Å². The molecule has 1 N–H and O–H groups in total. The number of carbonyl (C=O) groups is 1. The van der Waals surface area contributed by atoms with Gasteiger partial charge < -0.3 is 9.88 Å². The van der Waals surface area contributed by atoms with Crippen molar-refractivity contribution >= 4 is 35.2 Å². The second kappa shape index (κ2) is 9.21. The number of rotatable bonds is 5.